The minimum absolute atomic E-state index is 0.240. The molecule has 1 fully saturated rings. The average molecular weight is 224 g/mol. The predicted octanol–water partition coefficient (Wildman–Crippen LogP) is 2.85. The molecule has 0 bridgehead atoms. The Morgan fingerprint density at radius 3 is 2.12 bits per heavy atom. The van der Waals surface area contributed by atoms with Gasteiger partial charge in [-0.25, -0.2) is 0 Å². The summed E-state index contributed by atoms with van der Waals surface area (Å²) in [5.41, 5.74) is 1.87. The second kappa shape index (κ2) is 4.89. The standard InChI is InChI=1S/C14H28N2/c1-11(2)7-8-15-12-9-13(3,4)16-14(5,6)10-12/h7,12,15-16H,8-10H2,1-6H3. The van der Waals surface area contributed by atoms with Crippen LogP contribution in [-0.4, -0.2) is 23.7 Å². The lowest BCUT2D eigenvalue weighted by Crippen LogP contribution is -2.61. The number of nitrogens with one attached hydrogen (secondary N) is 2. The van der Waals surface area contributed by atoms with E-state index in [0.29, 0.717) is 6.04 Å². The van der Waals surface area contributed by atoms with E-state index in [-0.39, 0.29) is 11.1 Å². The van der Waals surface area contributed by atoms with Crippen molar-refractivity contribution in [1.29, 1.82) is 0 Å². The number of rotatable bonds is 3. The molecule has 0 aliphatic carbocycles. The molecule has 1 heterocycles. The second-order valence-electron chi connectivity index (χ2n) is 6.69. The first-order valence-electron chi connectivity index (χ1n) is 6.36. The summed E-state index contributed by atoms with van der Waals surface area (Å²) in [6, 6.07) is 0.627. The summed E-state index contributed by atoms with van der Waals surface area (Å²) in [6.45, 7) is 14.5. The van der Waals surface area contributed by atoms with Crippen LogP contribution in [0, 0.1) is 0 Å². The van der Waals surface area contributed by atoms with E-state index in [1.165, 1.54) is 18.4 Å². The van der Waals surface area contributed by atoms with Crippen molar-refractivity contribution in [1.82, 2.24) is 10.6 Å². The van der Waals surface area contributed by atoms with Gasteiger partial charge in [-0.2, -0.15) is 0 Å². The van der Waals surface area contributed by atoms with Gasteiger partial charge in [0.05, 0.1) is 0 Å². The molecule has 1 saturated heterocycles. The van der Waals surface area contributed by atoms with Crippen molar-refractivity contribution in [2.45, 2.75) is 71.5 Å². The van der Waals surface area contributed by atoms with Crippen LogP contribution in [-0.2, 0) is 0 Å². The Kier molecular flexibility index (Phi) is 4.19. The second-order valence-corrected chi connectivity index (χ2v) is 6.69. The molecule has 1 aliphatic heterocycles. The van der Waals surface area contributed by atoms with E-state index in [4.69, 9.17) is 0 Å². The van der Waals surface area contributed by atoms with Gasteiger partial charge in [0, 0.05) is 23.7 Å². The summed E-state index contributed by atoms with van der Waals surface area (Å²) >= 11 is 0. The van der Waals surface area contributed by atoms with Gasteiger partial charge in [0.2, 0.25) is 0 Å². The summed E-state index contributed by atoms with van der Waals surface area (Å²) in [5, 5.41) is 7.35. The molecule has 0 unspecified atom stereocenters. The van der Waals surface area contributed by atoms with Crippen LogP contribution in [0.4, 0.5) is 0 Å². The third-order valence-electron chi connectivity index (χ3n) is 3.11. The minimum Gasteiger partial charge on any atom is -0.310 e. The summed E-state index contributed by atoms with van der Waals surface area (Å²) in [7, 11) is 0. The van der Waals surface area contributed by atoms with Crippen LogP contribution in [0.5, 0.6) is 0 Å². The third-order valence-corrected chi connectivity index (χ3v) is 3.11. The maximum atomic E-state index is 3.71. The predicted molar refractivity (Wildman–Crippen MR) is 71.7 cm³/mol. The van der Waals surface area contributed by atoms with Gasteiger partial charge in [-0.15, -0.1) is 0 Å². The maximum absolute atomic E-state index is 3.71. The highest BCUT2D eigenvalue weighted by Crippen LogP contribution is 2.28. The van der Waals surface area contributed by atoms with Crippen LogP contribution < -0.4 is 10.6 Å². The van der Waals surface area contributed by atoms with Crippen LogP contribution >= 0.6 is 0 Å². The molecule has 2 nitrogen and oxygen atoms in total. The molecule has 1 aliphatic rings. The van der Waals surface area contributed by atoms with Gasteiger partial charge in [-0.1, -0.05) is 11.6 Å². The molecule has 0 radical (unpaired) electrons. The number of allylic oxidation sites excluding steroid dienone is 1. The SMILES string of the molecule is CC(C)=CCNC1CC(C)(C)NC(C)(C)C1. The minimum atomic E-state index is 0.240. The molecule has 0 atom stereocenters. The normalized spacial score (nSPS) is 24.1. The van der Waals surface area contributed by atoms with Crippen molar-refractivity contribution in [3.63, 3.8) is 0 Å². The molecule has 0 spiro atoms. The molecule has 0 aromatic rings. The lowest BCUT2D eigenvalue weighted by atomic mass is 9.79. The van der Waals surface area contributed by atoms with Crippen molar-refractivity contribution in [3.05, 3.63) is 11.6 Å². The van der Waals surface area contributed by atoms with Gasteiger partial charge in [0.25, 0.3) is 0 Å². The van der Waals surface area contributed by atoms with Gasteiger partial charge >= 0.3 is 0 Å². The molecule has 0 aromatic heterocycles. The van der Waals surface area contributed by atoms with Crippen molar-refractivity contribution in [3.8, 4) is 0 Å². The van der Waals surface area contributed by atoms with Crippen LogP contribution in [0.2, 0.25) is 0 Å². The van der Waals surface area contributed by atoms with Crippen LogP contribution in [0.3, 0.4) is 0 Å². The molecule has 1 rings (SSSR count). The van der Waals surface area contributed by atoms with E-state index in [1.807, 2.05) is 0 Å². The highest BCUT2D eigenvalue weighted by atomic mass is 15.1. The van der Waals surface area contributed by atoms with Crippen LogP contribution in [0.25, 0.3) is 0 Å². The van der Waals surface area contributed by atoms with Crippen molar-refractivity contribution in [2.24, 2.45) is 0 Å². The third kappa shape index (κ3) is 4.67. The van der Waals surface area contributed by atoms with E-state index in [0.717, 1.165) is 6.54 Å². The monoisotopic (exact) mass is 224 g/mol. The van der Waals surface area contributed by atoms with Gasteiger partial charge in [0.1, 0.15) is 0 Å². The zero-order valence-electron chi connectivity index (χ0n) is 11.8. The van der Waals surface area contributed by atoms with E-state index in [9.17, 15) is 0 Å². The first-order valence-corrected chi connectivity index (χ1v) is 6.36. The Hall–Kier alpha value is -0.340. The Morgan fingerprint density at radius 1 is 1.19 bits per heavy atom. The summed E-state index contributed by atoms with van der Waals surface area (Å²) in [4.78, 5) is 0. The fourth-order valence-corrected chi connectivity index (χ4v) is 2.90. The maximum Gasteiger partial charge on any atom is 0.0144 e. The fourth-order valence-electron chi connectivity index (χ4n) is 2.90. The average Bonchev–Trinajstić information content (AvgIpc) is 1.96. The van der Waals surface area contributed by atoms with E-state index >= 15 is 0 Å². The van der Waals surface area contributed by atoms with Gasteiger partial charge in [0.15, 0.2) is 0 Å². The molecule has 2 heteroatoms. The molecule has 2 N–H and O–H groups in total. The van der Waals surface area contributed by atoms with Crippen LogP contribution in [0.1, 0.15) is 54.4 Å². The molecule has 94 valence electrons. The van der Waals surface area contributed by atoms with Crippen molar-refractivity contribution >= 4 is 0 Å². The summed E-state index contributed by atoms with van der Waals surface area (Å²) in [6.07, 6.45) is 4.67. The lowest BCUT2D eigenvalue weighted by molar-refractivity contribution is 0.148. The molecule has 16 heavy (non-hydrogen) atoms. The first kappa shape index (κ1) is 13.7. The van der Waals surface area contributed by atoms with E-state index < -0.39 is 0 Å². The molecule has 0 aromatic carbocycles. The molecule has 0 amide bonds. The zero-order chi connectivity index (χ0) is 12.4. The van der Waals surface area contributed by atoms with E-state index in [1.54, 1.807) is 0 Å². The molecular weight excluding hydrogens is 196 g/mol. The number of piperidine rings is 1. The van der Waals surface area contributed by atoms with Gasteiger partial charge < -0.3 is 10.6 Å². The van der Waals surface area contributed by atoms with Crippen molar-refractivity contribution < 1.29 is 0 Å². The smallest absolute Gasteiger partial charge is 0.0144 e. The van der Waals surface area contributed by atoms with E-state index in [2.05, 4.69) is 58.3 Å². The van der Waals surface area contributed by atoms with Gasteiger partial charge in [-0.05, 0) is 54.4 Å². The molecular formula is C14H28N2. The largest absolute Gasteiger partial charge is 0.310 e. The summed E-state index contributed by atoms with van der Waals surface area (Å²) in [5.74, 6) is 0. The van der Waals surface area contributed by atoms with Gasteiger partial charge in [-0.3, -0.25) is 0 Å². The Morgan fingerprint density at radius 2 is 1.69 bits per heavy atom. The molecule has 0 saturated carbocycles. The van der Waals surface area contributed by atoms with Crippen molar-refractivity contribution in [2.75, 3.05) is 6.54 Å². The summed E-state index contributed by atoms with van der Waals surface area (Å²) < 4.78 is 0. The highest BCUT2D eigenvalue weighted by Gasteiger charge is 2.37. The number of hydrogen-bond acceptors (Lipinski definition) is 2. The lowest BCUT2D eigenvalue weighted by Gasteiger charge is -2.46. The highest BCUT2D eigenvalue weighted by molar-refractivity contribution is 5.01. The Bertz CT molecular complexity index is 244. The zero-order valence-corrected chi connectivity index (χ0v) is 11.8. The number of hydrogen-bond donors (Lipinski definition) is 2. The fraction of sp³-hybridized carbons (Fsp3) is 0.857. The quantitative estimate of drug-likeness (QED) is 0.720. The van der Waals surface area contributed by atoms with Crippen LogP contribution in [0.15, 0.2) is 11.6 Å². The topological polar surface area (TPSA) is 24.1 Å². The first-order chi connectivity index (χ1) is 7.20. The Balaban J connectivity index is 2.51. The Labute approximate surface area is 101 Å².